The molecule has 9 heteroatoms. The Labute approximate surface area is 418 Å². The second-order valence-corrected chi connectivity index (χ2v) is 22.0. The average Bonchev–Trinajstić information content (AvgIpc) is 3.32. The van der Waals surface area contributed by atoms with E-state index in [9.17, 15) is 14.3 Å². The van der Waals surface area contributed by atoms with E-state index in [1.807, 2.05) is 0 Å². The number of carbonyl (C=O) groups is 1. The van der Waals surface area contributed by atoms with Gasteiger partial charge < -0.3 is 20.1 Å². The summed E-state index contributed by atoms with van der Waals surface area (Å²) in [4.78, 5) is 22.6. The molecule has 0 heterocycles. The minimum absolute atomic E-state index is 0.0897. The lowest BCUT2D eigenvalue weighted by molar-refractivity contribution is -0.154. The summed E-state index contributed by atoms with van der Waals surface area (Å²) in [5.74, 6) is -0.319. The Morgan fingerprint density at radius 3 is 0.940 bits per heavy atom. The monoisotopic (exact) mass is 972 g/mol. The first kappa shape index (κ1) is 66.5. The summed E-state index contributed by atoms with van der Waals surface area (Å²) in [6.45, 7) is 5.01. The van der Waals surface area contributed by atoms with Gasteiger partial charge in [-0.25, -0.2) is 4.57 Å². The Morgan fingerprint density at radius 2 is 0.657 bits per heavy atom. The Kier molecular flexibility index (Phi) is 56.0. The Balaban J connectivity index is 3.68. The molecule has 0 aromatic heterocycles. The van der Waals surface area contributed by atoms with E-state index >= 15 is 0 Å². The van der Waals surface area contributed by atoms with E-state index in [0.29, 0.717) is 13.0 Å². The van der Waals surface area contributed by atoms with Crippen molar-refractivity contribution in [1.29, 1.82) is 0 Å². The minimum Gasteiger partial charge on any atom is -0.457 e. The van der Waals surface area contributed by atoms with Gasteiger partial charge in [0, 0.05) is 19.6 Å². The predicted molar refractivity (Wildman–Crippen MR) is 289 cm³/mol. The second-order valence-electron chi connectivity index (χ2n) is 20.6. The van der Waals surface area contributed by atoms with Gasteiger partial charge in [0.2, 0.25) is 0 Å². The van der Waals surface area contributed by atoms with E-state index < -0.39 is 13.9 Å². The van der Waals surface area contributed by atoms with Crippen LogP contribution in [-0.2, 0) is 27.9 Å². The van der Waals surface area contributed by atoms with E-state index in [1.165, 1.54) is 276 Å². The zero-order valence-corrected chi connectivity index (χ0v) is 46.1. The highest BCUT2D eigenvalue weighted by molar-refractivity contribution is 7.47. The molecule has 0 amide bonds. The lowest BCUT2D eigenvalue weighted by atomic mass is 10.0. The van der Waals surface area contributed by atoms with Crippen LogP contribution in [0.2, 0.25) is 0 Å². The lowest BCUT2D eigenvalue weighted by Gasteiger charge is -2.20. The van der Waals surface area contributed by atoms with Gasteiger partial charge in [-0.15, -0.1) is 0 Å². The zero-order valence-electron chi connectivity index (χ0n) is 45.2. The third-order valence-corrected chi connectivity index (χ3v) is 14.8. The summed E-state index contributed by atoms with van der Waals surface area (Å²) in [5.41, 5.74) is 5.40. The number of phosphoric acid groups is 1. The average molecular weight is 973 g/mol. The molecular formula is C58H118NO7P. The third-order valence-electron chi connectivity index (χ3n) is 13.8. The largest absolute Gasteiger partial charge is 0.472 e. The van der Waals surface area contributed by atoms with Crippen molar-refractivity contribution >= 4 is 13.8 Å². The summed E-state index contributed by atoms with van der Waals surface area (Å²) in [7, 11) is -4.28. The number of carbonyl (C=O) groups excluding carboxylic acids is 1. The molecule has 0 saturated carbocycles. The smallest absolute Gasteiger partial charge is 0.457 e. The molecule has 0 rings (SSSR count). The van der Waals surface area contributed by atoms with E-state index in [4.69, 9.17) is 24.3 Å². The Bertz CT molecular complexity index is 1000. The number of unbranched alkanes of at least 4 members (excludes halogenated alkanes) is 46. The molecule has 0 spiro atoms. The van der Waals surface area contributed by atoms with Gasteiger partial charge in [0.1, 0.15) is 6.10 Å². The van der Waals surface area contributed by atoms with Crippen LogP contribution >= 0.6 is 7.82 Å². The molecule has 1 unspecified atom stereocenters. The first-order valence-electron chi connectivity index (χ1n) is 30.0. The van der Waals surface area contributed by atoms with Gasteiger partial charge in [0.15, 0.2) is 0 Å². The van der Waals surface area contributed by atoms with Gasteiger partial charge in [-0.05, 0) is 12.8 Å². The fourth-order valence-electron chi connectivity index (χ4n) is 9.36. The Morgan fingerprint density at radius 1 is 0.388 bits per heavy atom. The van der Waals surface area contributed by atoms with E-state index in [1.54, 1.807) is 0 Å². The van der Waals surface area contributed by atoms with Crippen LogP contribution in [0.1, 0.15) is 328 Å². The summed E-state index contributed by atoms with van der Waals surface area (Å²) >= 11 is 0. The number of phosphoric ester groups is 1. The second kappa shape index (κ2) is 56.4. The number of ether oxygens (including phenoxy) is 2. The lowest BCUT2D eigenvalue weighted by Crippen LogP contribution is -2.28. The van der Waals surface area contributed by atoms with Crippen LogP contribution in [0.15, 0.2) is 0 Å². The summed E-state index contributed by atoms with van der Waals surface area (Å²) in [5, 5.41) is 0. The summed E-state index contributed by atoms with van der Waals surface area (Å²) in [6.07, 6.45) is 64.7. The number of hydrogen-bond donors (Lipinski definition) is 2. The maximum atomic E-state index is 12.7. The minimum atomic E-state index is -4.28. The zero-order chi connectivity index (χ0) is 48.7. The molecule has 0 aromatic rings. The van der Waals surface area contributed by atoms with Crippen molar-refractivity contribution in [3.63, 3.8) is 0 Å². The van der Waals surface area contributed by atoms with Crippen molar-refractivity contribution < 1.29 is 32.8 Å². The quantitative estimate of drug-likeness (QED) is 0.0352. The molecule has 0 radical (unpaired) electrons. The molecule has 0 aliphatic heterocycles. The van der Waals surface area contributed by atoms with Crippen LogP contribution < -0.4 is 5.73 Å². The first-order valence-corrected chi connectivity index (χ1v) is 31.5. The van der Waals surface area contributed by atoms with Crippen LogP contribution in [0, 0.1) is 0 Å². The van der Waals surface area contributed by atoms with Gasteiger partial charge in [-0.2, -0.15) is 0 Å². The standard InChI is InChI=1S/C58H118NO7P/c1-3-5-7-9-11-13-15-17-19-20-21-22-23-24-25-26-27-28-29-30-31-32-33-34-35-36-37-38-39-41-43-45-47-49-51-58(60)66-57(56-65-67(61,62)64-54-52-59)55-63-53-50-48-46-44-42-40-18-16-14-12-10-8-6-4-2/h57H,3-56,59H2,1-2H3,(H,61,62)/t57-/m1/s1. The van der Waals surface area contributed by atoms with E-state index in [-0.39, 0.29) is 32.3 Å². The van der Waals surface area contributed by atoms with Crippen molar-refractivity contribution in [3.05, 3.63) is 0 Å². The van der Waals surface area contributed by atoms with Crippen LogP contribution in [-0.4, -0.2) is 49.9 Å². The number of hydrogen-bond acceptors (Lipinski definition) is 7. The fourth-order valence-corrected chi connectivity index (χ4v) is 10.1. The Hall–Kier alpha value is -0.500. The van der Waals surface area contributed by atoms with Crippen molar-refractivity contribution in [3.8, 4) is 0 Å². The van der Waals surface area contributed by atoms with Gasteiger partial charge in [0.05, 0.1) is 19.8 Å². The molecule has 3 N–H and O–H groups in total. The molecule has 0 bridgehead atoms. The van der Waals surface area contributed by atoms with Crippen LogP contribution in [0.25, 0.3) is 0 Å². The molecule has 402 valence electrons. The molecular weight excluding hydrogens is 854 g/mol. The van der Waals surface area contributed by atoms with Crippen molar-refractivity contribution in [2.45, 2.75) is 335 Å². The molecule has 0 saturated heterocycles. The van der Waals surface area contributed by atoms with Gasteiger partial charge in [0.25, 0.3) is 0 Å². The maximum Gasteiger partial charge on any atom is 0.472 e. The van der Waals surface area contributed by atoms with E-state index in [2.05, 4.69) is 13.8 Å². The van der Waals surface area contributed by atoms with Gasteiger partial charge >= 0.3 is 13.8 Å². The maximum absolute atomic E-state index is 12.7. The SMILES string of the molecule is CCCCCCCCCCCCCCCCCCCCCCCCCCCCCCCCCCCCC(=O)O[C@H](COCCCCCCCCCCCCCCCC)COP(=O)(O)OCCN. The highest BCUT2D eigenvalue weighted by atomic mass is 31.2. The van der Waals surface area contributed by atoms with Crippen LogP contribution in [0.4, 0.5) is 0 Å². The topological polar surface area (TPSA) is 117 Å². The molecule has 0 aromatic carbocycles. The van der Waals surface area contributed by atoms with Crippen molar-refractivity contribution in [1.82, 2.24) is 0 Å². The fraction of sp³-hybridized carbons (Fsp3) is 0.983. The highest BCUT2D eigenvalue weighted by Gasteiger charge is 2.25. The summed E-state index contributed by atoms with van der Waals surface area (Å²) in [6, 6.07) is 0. The molecule has 0 aliphatic carbocycles. The van der Waals surface area contributed by atoms with Gasteiger partial charge in [-0.3, -0.25) is 13.8 Å². The molecule has 67 heavy (non-hydrogen) atoms. The predicted octanol–water partition coefficient (Wildman–Crippen LogP) is 19.2. The molecule has 0 aliphatic rings. The highest BCUT2D eigenvalue weighted by Crippen LogP contribution is 2.43. The molecule has 2 atom stereocenters. The van der Waals surface area contributed by atoms with Crippen LogP contribution in [0.3, 0.4) is 0 Å². The van der Waals surface area contributed by atoms with Crippen LogP contribution in [0.5, 0.6) is 0 Å². The number of esters is 1. The summed E-state index contributed by atoms with van der Waals surface area (Å²) < 4.78 is 33.6. The normalized spacial score (nSPS) is 13.1. The van der Waals surface area contributed by atoms with Gasteiger partial charge in [-0.1, -0.05) is 309 Å². The third kappa shape index (κ3) is 56.3. The van der Waals surface area contributed by atoms with E-state index in [0.717, 1.165) is 32.1 Å². The molecule has 0 fully saturated rings. The first-order chi connectivity index (χ1) is 32.9. The van der Waals surface area contributed by atoms with Crippen molar-refractivity contribution in [2.75, 3.05) is 33.0 Å². The molecule has 8 nitrogen and oxygen atoms in total. The number of nitrogens with two attached hydrogens (primary N) is 1. The van der Waals surface area contributed by atoms with Crippen molar-refractivity contribution in [2.24, 2.45) is 5.73 Å². The number of rotatable bonds is 59.